The molecule has 2 N–H and O–H groups in total. The molecule has 8 heteroatoms. The Kier molecular flexibility index (Phi) is 6.83. The van der Waals surface area contributed by atoms with Crippen molar-refractivity contribution in [1.82, 2.24) is 9.80 Å². The van der Waals surface area contributed by atoms with Crippen molar-refractivity contribution in [3.8, 4) is 0 Å². The zero-order valence-corrected chi connectivity index (χ0v) is 20.2. The van der Waals surface area contributed by atoms with E-state index in [1.807, 2.05) is 30.3 Å². The molecule has 32 heavy (non-hydrogen) atoms. The lowest BCUT2D eigenvalue weighted by Crippen LogP contribution is -2.45. The van der Waals surface area contributed by atoms with Crippen molar-refractivity contribution >= 4 is 39.2 Å². The second-order valence-corrected chi connectivity index (χ2v) is 9.56. The highest BCUT2D eigenvalue weighted by molar-refractivity contribution is 9.10. The number of likely N-dealkylation sites (tertiary alicyclic amines) is 1. The maximum absolute atomic E-state index is 13.2. The average Bonchev–Trinajstić information content (AvgIpc) is 3.21. The minimum atomic E-state index is -0.600. The van der Waals surface area contributed by atoms with Gasteiger partial charge in [-0.25, -0.2) is 4.79 Å². The molecule has 170 valence electrons. The van der Waals surface area contributed by atoms with E-state index < -0.39 is 6.04 Å². The standard InChI is InChI=1S/C24H29BrN4O3/c1-15-10-17-11-20(7-4-16(17)13-28(15)2)26-23(30)22-12-21(32-3)14-29(22)24(31)27-19-8-5-18(25)6-9-19/h4-9,11,15,21-22H,10,12-14H2,1-3H3,(H,26,30)(H,27,31)/t15-,21-,22-/m1/s1. The number of amides is 3. The second kappa shape index (κ2) is 9.60. The molecule has 7 nitrogen and oxygen atoms in total. The molecule has 2 aromatic carbocycles. The van der Waals surface area contributed by atoms with E-state index in [0.717, 1.165) is 23.1 Å². The van der Waals surface area contributed by atoms with E-state index in [1.54, 1.807) is 12.0 Å². The number of halogens is 1. The summed E-state index contributed by atoms with van der Waals surface area (Å²) in [7, 11) is 3.74. The Morgan fingerprint density at radius 1 is 1.06 bits per heavy atom. The largest absolute Gasteiger partial charge is 0.380 e. The van der Waals surface area contributed by atoms with Gasteiger partial charge < -0.3 is 20.3 Å². The van der Waals surface area contributed by atoms with Crippen molar-refractivity contribution in [3.63, 3.8) is 0 Å². The van der Waals surface area contributed by atoms with Crippen molar-refractivity contribution < 1.29 is 14.3 Å². The highest BCUT2D eigenvalue weighted by atomic mass is 79.9. The average molecular weight is 501 g/mol. The van der Waals surface area contributed by atoms with Gasteiger partial charge in [0.25, 0.3) is 0 Å². The Labute approximate surface area is 197 Å². The lowest BCUT2D eigenvalue weighted by atomic mass is 9.95. The number of benzene rings is 2. The van der Waals surface area contributed by atoms with E-state index in [4.69, 9.17) is 4.74 Å². The summed E-state index contributed by atoms with van der Waals surface area (Å²) < 4.78 is 6.40. The van der Waals surface area contributed by atoms with Crippen LogP contribution in [0.5, 0.6) is 0 Å². The van der Waals surface area contributed by atoms with E-state index in [2.05, 4.69) is 57.6 Å². The van der Waals surface area contributed by atoms with Gasteiger partial charge in [0.05, 0.1) is 6.10 Å². The second-order valence-electron chi connectivity index (χ2n) is 8.64. The molecular formula is C24H29BrN4O3. The van der Waals surface area contributed by atoms with Gasteiger partial charge in [-0.15, -0.1) is 0 Å². The minimum Gasteiger partial charge on any atom is -0.380 e. The third kappa shape index (κ3) is 4.98. The van der Waals surface area contributed by atoms with Gasteiger partial charge >= 0.3 is 6.03 Å². The van der Waals surface area contributed by atoms with Crippen LogP contribution in [0.15, 0.2) is 46.9 Å². The number of nitrogens with one attached hydrogen (secondary N) is 2. The van der Waals surface area contributed by atoms with Gasteiger partial charge in [0, 0.05) is 48.5 Å². The number of likely N-dealkylation sites (N-methyl/N-ethyl adjacent to an activating group) is 1. The summed E-state index contributed by atoms with van der Waals surface area (Å²) >= 11 is 3.39. The Bertz CT molecular complexity index is 997. The molecule has 0 aromatic heterocycles. The minimum absolute atomic E-state index is 0.179. The molecule has 0 radical (unpaired) electrons. The number of hydrogen-bond donors (Lipinski definition) is 2. The van der Waals surface area contributed by atoms with Crippen LogP contribution in [0.4, 0.5) is 16.2 Å². The number of anilines is 2. The first-order valence-electron chi connectivity index (χ1n) is 10.8. The van der Waals surface area contributed by atoms with Crippen LogP contribution in [-0.4, -0.2) is 60.6 Å². The number of methoxy groups -OCH3 is 1. The number of carbonyl (C=O) groups is 2. The summed E-state index contributed by atoms with van der Waals surface area (Å²) in [6.07, 6.45) is 1.23. The fourth-order valence-corrected chi connectivity index (χ4v) is 4.61. The van der Waals surface area contributed by atoms with Crippen molar-refractivity contribution in [2.45, 2.75) is 44.5 Å². The monoisotopic (exact) mass is 500 g/mol. The molecule has 0 spiro atoms. The molecule has 0 aliphatic carbocycles. The van der Waals surface area contributed by atoms with E-state index >= 15 is 0 Å². The van der Waals surface area contributed by atoms with E-state index in [1.165, 1.54) is 11.1 Å². The maximum Gasteiger partial charge on any atom is 0.322 e. The summed E-state index contributed by atoms with van der Waals surface area (Å²) in [6.45, 7) is 3.48. The van der Waals surface area contributed by atoms with Gasteiger partial charge in [0.2, 0.25) is 5.91 Å². The fourth-order valence-electron chi connectivity index (χ4n) is 4.34. The lowest BCUT2D eigenvalue weighted by molar-refractivity contribution is -0.119. The molecule has 2 aromatic rings. The molecule has 0 bridgehead atoms. The molecule has 1 saturated heterocycles. The molecule has 3 amide bonds. The van der Waals surface area contributed by atoms with E-state index in [0.29, 0.717) is 24.7 Å². The van der Waals surface area contributed by atoms with Gasteiger partial charge in [0.15, 0.2) is 0 Å². The third-order valence-corrected chi connectivity index (χ3v) is 6.95. The number of carbonyl (C=O) groups excluding carboxylic acids is 2. The Morgan fingerprint density at radius 2 is 1.78 bits per heavy atom. The van der Waals surface area contributed by atoms with Crippen molar-refractivity contribution in [2.75, 3.05) is 31.3 Å². The predicted molar refractivity (Wildman–Crippen MR) is 129 cm³/mol. The molecule has 2 aliphatic heterocycles. The molecule has 2 heterocycles. The Balaban J connectivity index is 1.46. The lowest BCUT2D eigenvalue weighted by Gasteiger charge is -2.32. The van der Waals surface area contributed by atoms with Crippen LogP contribution in [0, 0.1) is 0 Å². The molecule has 0 saturated carbocycles. The molecule has 2 aliphatic rings. The predicted octanol–water partition coefficient (Wildman–Crippen LogP) is 4.09. The molecule has 0 unspecified atom stereocenters. The summed E-state index contributed by atoms with van der Waals surface area (Å²) in [4.78, 5) is 30.0. The van der Waals surface area contributed by atoms with E-state index in [-0.39, 0.29) is 18.0 Å². The topological polar surface area (TPSA) is 73.9 Å². The molecule has 3 atom stereocenters. The van der Waals surface area contributed by atoms with E-state index in [9.17, 15) is 9.59 Å². The van der Waals surface area contributed by atoms with Crippen LogP contribution in [0.2, 0.25) is 0 Å². The molecule has 1 fully saturated rings. The fraction of sp³-hybridized carbons (Fsp3) is 0.417. The zero-order chi connectivity index (χ0) is 22.8. The number of rotatable bonds is 4. The van der Waals surface area contributed by atoms with Crippen molar-refractivity contribution in [2.24, 2.45) is 0 Å². The summed E-state index contributed by atoms with van der Waals surface area (Å²) in [5, 5.41) is 5.91. The quantitative estimate of drug-likeness (QED) is 0.662. The highest BCUT2D eigenvalue weighted by Crippen LogP contribution is 2.27. The van der Waals surface area contributed by atoms with Gasteiger partial charge in [-0.3, -0.25) is 9.69 Å². The number of fused-ring (bicyclic) bond motifs is 1. The van der Waals surface area contributed by atoms with Crippen LogP contribution in [-0.2, 0) is 22.5 Å². The summed E-state index contributed by atoms with van der Waals surface area (Å²) in [5.41, 5.74) is 3.99. The van der Waals surface area contributed by atoms with Crippen molar-refractivity contribution in [3.05, 3.63) is 58.1 Å². The molecular weight excluding hydrogens is 472 g/mol. The summed E-state index contributed by atoms with van der Waals surface area (Å²) in [6, 6.07) is 13.0. The first kappa shape index (κ1) is 22.8. The maximum atomic E-state index is 13.2. The van der Waals surface area contributed by atoms with Crippen LogP contribution in [0.25, 0.3) is 0 Å². The number of hydrogen-bond acceptors (Lipinski definition) is 4. The SMILES string of the molecule is CO[C@@H]1C[C@H](C(=O)Nc2ccc3c(c2)C[C@@H](C)N(C)C3)N(C(=O)Nc2ccc(Br)cc2)C1. The number of ether oxygens (including phenoxy) is 1. The molecule has 4 rings (SSSR count). The number of nitrogens with zero attached hydrogens (tertiary/aromatic N) is 2. The van der Waals surface area contributed by atoms with Gasteiger partial charge in [0.1, 0.15) is 6.04 Å². The van der Waals surface area contributed by atoms with Gasteiger partial charge in [-0.1, -0.05) is 22.0 Å². The normalized spacial score (nSPS) is 23.0. The van der Waals surface area contributed by atoms with Crippen molar-refractivity contribution in [1.29, 1.82) is 0 Å². The Morgan fingerprint density at radius 3 is 2.50 bits per heavy atom. The first-order chi connectivity index (χ1) is 15.3. The van der Waals surface area contributed by atoms with Crippen LogP contribution in [0.1, 0.15) is 24.5 Å². The van der Waals surface area contributed by atoms with Gasteiger partial charge in [-0.2, -0.15) is 0 Å². The van der Waals surface area contributed by atoms with Crippen LogP contribution < -0.4 is 10.6 Å². The van der Waals surface area contributed by atoms with Gasteiger partial charge in [-0.05, 0) is 67.9 Å². The smallest absolute Gasteiger partial charge is 0.322 e. The first-order valence-corrected chi connectivity index (χ1v) is 11.6. The van der Waals surface area contributed by atoms with Crippen LogP contribution in [0.3, 0.4) is 0 Å². The van der Waals surface area contributed by atoms with Crippen LogP contribution >= 0.6 is 15.9 Å². The summed E-state index contributed by atoms with van der Waals surface area (Å²) in [5.74, 6) is -0.198. The Hall–Kier alpha value is -2.42. The highest BCUT2D eigenvalue weighted by Gasteiger charge is 2.40. The zero-order valence-electron chi connectivity index (χ0n) is 18.6. The number of urea groups is 1. The third-order valence-electron chi connectivity index (χ3n) is 6.42.